The van der Waals surface area contributed by atoms with Gasteiger partial charge in [-0.2, -0.15) is 0 Å². The van der Waals surface area contributed by atoms with Crippen LogP contribution >= 0.6 is 27.5 Å². The molecule has 0 saturated carbocycles. The number of carbonyl (C=O) groups is 2. The quantitative estimate of drug-likeness (QED) is 0.851. The molecule has 0 spiro atoms. The lowest BCUT2D eigenvalue weighted by Gasteiger charge is -2.20. The van der Waals surface area contributed by atoms with Gasteiger partial charge in [0.15, 0.2) is 0 Å². The zero-order valence-electron chi connectivity index (χ0n) is 10.9. The van der Waals surface area contributed by atoms with Gasteiger partial charge in [0, 0.05) is 9.50 Å². The minimum absolute atomic E-state index is 0.0672. The van der Waals surface area contributed by atoms with Gasteiger partial charge in [0.05, 0.1) is 12.7 Å². The van der Waals surface area contributed by atoms with Crippen molar-refractivity contribution < 1.29 is 14.3 Å². The Kier molecular flexibility index (Phi) is 5.82. The van der Waals surface area contributed by atoms with Crippen molar-refractivity contribution in [2.75, 3.05) is 7.11 Å². The van der Waals surface area contributed by atoms with Crippen LogP contribution in [0.3, 0.4) is 0 Å². The Labute approximate surface area is 125 Å². The third-order valence-corrected chi connectivity index (χ3v) is 3.48. The molecule has 0 saturated heterocycles. The number of halogens is 2. The smallest absolute Gasteiger partial charge is 0.328 e. The molecule has 6 heteroatoms. The standard InChI is InChI=1S/C13H15BrClNO3/c1-7(2)11(13(18)19-3)16-12(17)9-5-4-8(15)6-10(9)14/h4-7,11H,1-3H3,(H,16,17)/t11-/m0/s1. The summed E-state index contributed by atoms with van der Waals surface area (Å²) in [6, 6.07) is 4.15. The molecule has 0 fully saturated rings. The molecule has 0 aliphatic heterocycles. The maximum Gasteiger partial charge on any atom is 0.328 e. The Morgan fingerprint density at radius 2 is 2.00 bits per heavy atom. The van der Waals surface area contributed by atoms with Gasteiger partial charge in [-0.1, -0.05) is 25.4 Å². The Bertz CT molecular complexity index is 491. The Morgan fingerprint density at radius 1 is 1.37 bits per heavy atom. The second kappa shape index (κ2) is 6.91. The van der Waals surface area contributed by atoms with Gasteiger partial charge in [-0.3, -0.25) is 4.79 Å². The molecular formula is C13H15BrClNO3. The van der Waals surface area contributed by atoms with Crippen molar-refractivity contribution in [2.24, 2.45) is 5.92 Å². The number of methoxy groups -OCH3 is 1. The van der Waals surface area contributed by atoms with E-state index in [0.717, 1.165) is 0 Å². The molecular weight excluding hydrogens is 334 g/mol. The van der Waals surface area contributed by atoms with Crippen LogP contribution in [-0.2, 0) is 9.53 Å². The SMILES string of the molecule is COC(=O)[C@@H](NC(=O)c1ccc(Cl)cc1Br)C(C)C. The maximum atomic E-state index is 12.1. The Balaban J connectivity index is 2.91. The zero-order valence-corrected chi connectivity index (χ0v) is 13.2. The topological polar surface area (TPSA) is 55.4 Å². The fourth-order valence-electron chi connectivity index (χ4n) is 1.52. The van der Waals surface area contributed by atoms with Gasteiger partial charge in [-0.05, 0) is 40.0 Å². The van der Waals surface area contributed by atoms with Crippen LogP contribution in [-0.4, -0.2) is 25.0 Å². The number of nitrogens with one attached hydrogen (secondary N) is 1. The van der Waals surface area contributed by atoms with E-state index >= 15 is 0 Å². The van der Waals surface area contributed by atoms with Gasteiger partial charge in [0.2, 0.25) is 0 Å². The summed E-state index contributed by atoms with van der Waals surface area (Å²) in [5.74, 6) is -0.886. The third kappa shape index (κ3) is 4.21. The van der Waals surface area contributed by atoms with E-state index < -0.39 is 12.0 Å². The highest BCUT2D eigenvalue weighted by Crippen LogP contribution is 2.21. The Morgan fingerprint density at radius 3 is 2.47 bits per heavy atom. The average molecular weight is 349 g/mol. The van der Waals surface area contributed by atoms with E-state index in [2.05, 4.69) is 26.0 Å². The molecule has 1 atom stereocenters. The van der Waals surface area contributed by atoms with Crippen LogP contribution in [0.15, 0.2) is 22.7 Å². The van der Waals surface area contributed by atoms with E-state index in [1.807, 2.05) is 13.8 Å². The molecule has 0 aliphatic carbocycles. The summed E-state index contributed by atoms with van der Waals surface area (Å²) in [6.07, 6.45) is 0. The van der Waals surface area contributed by atoms with Crippen molar-refractivity contribution >= 4 is 39.4 Å². The van der Waals surface area contributed by atoms with E-state index in [0.29, 0.717) is 15.1 Å². The second-order valence-corrected chi connectivity index (χ2v) is 5.63. The summed E-state index contributed by atoms with van der Waals surface area (Å²) >= 11 is 9.08. The van der Waals surface area contributed by atoms with Gasteiger partial charge in [-0.15, -0.1) is 0 Å². The molecule has 0 bridgehead atoms. The number of amides is 1. The number of hydrogen-bond acceptors (Lipinski definition) is 3. The van der Waals surface area contributed by atoms with Gasteiger partial charge in [-0.25, -0.2) is 4.79 Å². The molecule has 19 heavy (non-hydrogen) atoms. The lowest BCUT2D eigenvalue weighted by Crippen LogP contribution is -2.45. The molecule has 1 aromatic rings. The molecule has 1 amide bonds. The first-order chi connectivity index (χ1) is 8.86. The number of benzene rings is 1. The van der Waals surface area contributed by atoms with Crippen molar-refractivity contribution in [3.8, 4) is 0 Å². The van der Waals surface area contributed by atoms with Crippen LogP contribution in [0, 0.1) is 5.92 Å². The van der Waals surface area contributed by atoms with Crippen molar-refractivity contribution in [3.63, 3.8) is 0 Å². The maximum absolute atomic E-state index is 12.1. The molecule has 104 valence electrons. The summed E-state index contributed by atoms with van der Waals surface area (Å²) in [5, 5.41) is 3.18. The van der Waals surface area contributed by atoms with Crippen LogP contribution in [0.25, 0.3) is 0 Å². The number of ether oxygens (including phenoxy) is 1. The molecule has 0 heterocycles. The van der Waals surface area contributed by atoms with Gasteiger partial charge in [0.25, 0.3) is 5.91 Å². The Hall–Kier alpha value is -1.07. The molecule has 1 N–H and O–H groups in total. The first-order valence-electron chi connectivity index (χ1n) is 5.70. The average Bonchev–Trinajstić information content (AvgIpc) is 2.34. The minimum Gasteiger partial charge on any atom is -0.467 e. The fourth-order valence-corrected chi connectivity index (χ4v) is 2.38. The van der Waals surface area contributed by atoms with Crippen molar-refractivity contribution in [2.45, 2.75) is 19.9 Å². The van der Waals surface area contributed by atoms with Gasteiger partial charge >= 0.3 is 5.97 Å². The molecule has 0 unspecified atom stereocenters. The first-order valence-corrected chi connectivity index (χ1v) is 6.87. The molecule has 1 aromatic carbocycles. The van der Waals surface area contributed by atoms with Crippen LogP contribution in [0.2, 0.25) is 5.02 Å². The molecule has 0 radical (unpaired) electrons. The molecule has 0 aromatic heterocycles. The predicted octanol–water partition coefficient (Wildman–Crippen LogP) is 3.03. The van der Waals surface area contributed by atoms with E-state index in [-0.39, 0.29) is 11.8 Å². The highest BCUT2D eigenvalue weighted by molar-refractivity contribution is 9.10. The summed E-state index contributed by atoms with van der Waals surface area (Å²) in [6.45, 7) is 3.66. The van der Waals surface area contributed by atoms with Crippen molar-refractivity contribution in [3.05, 3.63) is 33.3 Å². The number of hydrogen-bond donors (Lipinski definition) is 1. The van der Waals surface area contributed by atoms with E-state index in [9.17, 15) is 9.59 Å². The monoisotopic (exact) mass is 347 g/mol. The number of rotatable bonds is 4. The summed E-state index contributed by atoms with van der Waals surface area (Å²) in [5.41, 5.74) is 0.416. The highest BCUT2D eigenvalue weighted by atomic mass is 79.9. The van der Waals surface area contributed by atoms with Crippen molar-refractivity contribution in [1.82, 2.24) is 5.32 Å². The van der Waals surface area contributed by atoms with Crippen molar-refractivity contribution in [1.29, 1.82) is 0 Å². The van der Waals surface area contributed by atoms with E-state index in [4.69, 9.17) is 11.6 Å². The van der Waals surface area contributed by atoms with Crippen LogP contribution in [0.4, 0.5) is 0 Å². The third-order valence-electron chi connectivity index (χ3n) is 2.58. The minimum atomic E-state index is -0.680. The van der Waals surface area contributed by atoms with E-state index in [1.54, 1.807) is 18.2 Å². The lowest BCUT2D eigenvalue weighted by atomic mass is 10.0. The van der Waals surface area contributed by atoms with Crippen LogP contribution < -0.4 is 5.32 Å². The summed E-state index contributed by atoms with van der Waals surface area (Å²) < 4.78 is 5.25. The second-order valence-electron chi connectivity index (χ2n) is 4.34. The first kappa shape index (κ1) is 16.0. The summed E-state index contributed by atoms with van der Waals surface area (Å²) in [4.78, 5) is 23.7. The molecule has 1 rings (SSSR count). The van der Waals surface area contributed by atoms with Crippen LogP contribution in [0.5, 0.6) is 0 Å². The van der Waals surface area contributed by atoms with E-state index in [1.165, 1.54) is 7.11 Å². The predicted molar refractivity (Wildman–Crippen MR) is 77.3 cm³/mol. The number of esters is 1. The fraction of sp³-hybridized carbons (Fsp3) is 0.385. The zero-order chi connectivity index (χ0) is 14.6. The normalized spacial score (nSPS) is 12.1. The number of carbonyl (C=O) groups excluding carboxylic acids is 2. The summed E-state index contributed by atoms with van der Waals surface area (Å²) in [7, 11) is 1.29. The van der Waals surface area contributed by atoms with Crippen LogP contribution in [0.1, 0.15) is 24.2 Å². The van der Waals surface area contributed by atoms with Gasteiger partial charge < -0.3 is 10.1 Å². The lowest BCUT2D eigenvalue weighted by molar-refractivity contribution is -0.144. The van der Waals surface area contributed by atoms with Gasteiger partial charge in [0.1, 0.15) is 6.04 Å². The molecule has 4 nitrogen and oxygen atoms in total. The highest BCUT2D eigenvalue weighted by Gasteiger charge is 2.25. The largest absolute Gasteiger partial charge is 0.467 e. The molecule has 0 aliphatic rings.